The fraction of sp³-hybridized carbons (Fsp3) is 0.167. The number of nitrogens with zero attached hydrogens (tertiary/aromatic N) is 3. The third kappa shape index (κ3) is 1.81. The highest BCUT2D eigenvalue weighted by atomic mass is 15.3. The molecule has 0 amide bonds. The molecule has 1 aromatic rings. The Morgan fingerprint density at radius 3 is 2.80 bits per heavy atom. The molecule has 0 unspecified atom stereocenters. The van der Waals surface area contributed by atoms with Gasteiger partial charge in [0.2, 0.25) is 5.95 Å². The Hall–Kier alpha value is -1.45. The zero-order valence-corrected chi connectivity index (χ0v) is 5.65. The van der Waals surface area contributed by atoms with E-state index in [9.17, 15) is 0 Å². The van der Waals surface area contributed by atoms with Gasteiger partial charge in [-0.15, -0.1) is 0 Å². The van der Waals surface area contributed by atoms with E-state index in [1.54, 1.807) is 24.7 Å². The van der Waals surface area contributed by atoms with Gasteiger partial charge in [0.25, 0.3) is 0 Å². The van der Waals surface area contributed by atoms with E-state index in [2.05, 4.69) is 20.5 Å². The van der Waals surface area contributed by atoms with Gasteiger partial charge < -0.3 is 0 Å². The molecule has 4 nitrogen and oxygen atoms in total. The molecule has 52 valence electrons. The molecule has 4 heteroatoms. The number of nitrogens with one attached hydrogen (secondary N) is 1. The number of anilines is 1. The first kappa shape index (κ1) is 6.67. The summed E-state index contributed by atoms with van der Waals surface area (Å²) in [7, 11) is 0. The SMILES string of the molecule is CC=NNc1ncccn1. The minimum absolute atomic E-state index is 0.514. The Morgan fingerprint density at radius 1 is 1.50 bits per heavy atom. The van der Waals surface area contributed by atoms with Gasteiger partial charge in [0.1, 0.15) is 0 Å². The molecule has 0 aliphatic heterocycles. The van der Waals surface area contributed by atoms with E-state index >= 15 is 0 Å². The van der Waals surface area contributed by atoms with Crippen molar-refractivity contribution in [1.29, 1.82) is 0 Å². The zero-order chi connectivity index (χ0) is 7.23. The van der Waals surface area contributed by atoms with E-state index in [1.807, 2.05) is 6.92 Å². The topological polar surface area (TPSA) is 50.2 Å². The summed E-state index contributed by atoms with van der Waals surface area (Å²) in [6.07, 6.45) is 4.94. The lowest BCUT2D eigenvalue weighted by Crippen LogP contribution is -1.93. The molecule has 0 aliphatic carbocycles. The largest absolute Gasteiger partial charge is 0.246 e. The summed E-state index contributed by atoms with van der Waals surface area (Å²) in [5, 5.41) is 3.74. The van der Waals surface area contributed by atoms with Crippen LogP contribution in [0.2, 0.25) is 0 Å². The van der Waals surface area contributed by atoms with Crippen molar-refractivity contribution in [2.45, 2.75) is 6.92 Å². The highest BCUT2D eigenvalue weighted by Crippen LogP contribution is 1.91. The first-order valence-corrected chi connectivity index (χ1v) is 2.94. The normalized spacial score (nSPS) is 10.1. The molecule has 0 saturated carbocycles. The molecule has 0 bridgehead atoms. The molecule has 0 saturated heterocycles. The number of hydrazone groups is 1. The lowest BCUT2D eigenvalue weighted by Gasteiger charge is -1.93. The van der Waals surface area contributed by atoms with Crippen LogP contribution < -0.4 is 5.43 Å². The zero-order valence-electron chi connectivity index (χ0n) is 5.65. The number of hydrogen-bond acceptors (Lipinski definition) is 4. The van der Waals surface area contributed by atoms with Gasteiger partial charge in [-0.05, 0) is 13.0 Å². The van der Waals surface area contributed by atoms with E-state index in [0.29, 0.717) is 5.95 Å². The van der Waals surface area contributed by atoms with Gasteiger partial charge in [-0.3, -0.25) is 0 Å². The fourth-order valence-electron chi connectivity index (χ4n) is 0.479. The molecule has 0 atom stereocenters. The van der Waals surface area contributed by atoms with Gasteiger partial charge in [-0.1, -0.05) is 0 Å². The van der Waals surface area contributed by atoms with Crippen LogP contribution in [0.3, 0.4) is 0 Å². The molecule has 1 aromatic heterocycles. The maximum Gasteiger partial charge on any atom is 0.243 e. The number of aromatic nitrogens is 2. The Labute approximate surface area is 59.0 Å². The van der Waals surface area contributed by atoms with Crippen molar-refractivity contribution < 1.29 is 0 Å². The molecule has 10 heavy (non-hydrogen) atoms. The van der Waals surface area contributed by atoms with Crippen LogP contribution in [0.15, 0.2) is 23.6 Å². The van der Waals surface area contributed by atoms with Crippen molar-refractivity contribution >= 4 is 12.2 Å². The van der Waals surface area contributed by atoms with E-state index in [1.165, 1.54) is 0 Å². The van der Waals surface area contributed by atoms with E-state index < -0.39 is 0 Å². The van der Waals surface area contributed by atoms with Crippen LogP contribution in [0, 0.1) is 0 Å². The minimum atomic E-state index is 0.514. The van der Waals surface area contributed by atoms with Crippen molar-refractivity contribution in [2.24, 2.45) is 5.10 Å². The first-order chi connectivity index (χ1) is 4.93. The van der Waals surface area contributed by atoms with E-state index in [-0.39, 0.29) is 0 Å². The smallest absolute Gasteiger partial charge is 0.243 e. The van der Waals surface area contributed by atoms with E-state index in [4.69, 9.17) is 0 Å². The third-order valence-electron chi connectivity index (χ3n) is 0.859. The Bertz CT molecular complexity index is 206. The minimum Gasteiger partial charge on any atom is -0.246 e. The number of hydrogen-bond donors (Lipinski definition) is 1. The molecule has 0 radical (unpaired) electrons. The lowest BCUT2D eigenvalue weighted by atomic mass is 10.7. The molecule has 1 heterocycles. The van der Waals surface area contributed by atoms with Crippen LogP contribution in [-0.2, 0) is 0 Å². The molecule has 0 aliphatic rings. The van der Waals surface area contributed by atoms with Gasteiger partial charge in [0, 0.05) is 18.6 Å². The van der Waals surface area contributed by atoms with Crippen molar-refractivity contribution in [2.75, 3.05) is 5.43 Å². The second-order valence-electron chi connectivity index (χ2n) is 1.57. The highest BCUT2D eigenvalue weighted by molar-refractivity contribution is 5.54. The van der Waals surface area contributed by atoms with E-state index in [0.717, 1.165) is 0 Å². The molecular weight excluding hydrogens is 128 g/mol. The van der Waals surface area contributed by atoms with Gasteiger partial charge in [0.05, 0.1) is 0 Å². The molecule has 0 fully saturated rings. The van der Waals surface area contributed by atoms with Crippen LogP contribution in [-0.4, -0.2) is 16.2 Å². The van der Waals surface area contributed by atoms with Gasteiger partial charge in [0.15, 0.2) is 0 Å². The summed E-state index contributed by atoms with van der Waals surface area (Å²) in [6.45, 7) is 1.82. The van der Waals surface area contributed by atoms with Gasteiger partial charge in [-0.2, -0.15) is 5.10 Å². The summed E-state index contributed by atoms with van der Waals surface area (Å²) < 4.78 is 0. The standard InChI is InChI=1S/C6H8N4/c1-2-9-10-6-7-4-3-5-8-6/h2-5H,1H3,(H,7,8,10). The summed E-state index contributed by atoms with van der Waals surface area (Å²) in [5.74, 6) is 0.514. The Kier molecular flexibility index (Phi) is 2.37. The summed E-state index contributed by atoms with van der Waals surface area (Å²) in [4.78, 5) is 7.76. The predicted octanol–water partition coefficient (Wildman–Crippen LogP) is 0.894. The first-order valence-electron chi connectivity index (χ1n) is 2.94. The average Bonchev–Trinajstić information content (AvgIpc) is 2.03. The predicted molar refractivity (Wildman–Crippen MR) is 39.8 cm³/mol. The quantitative estimate of drug-likeness (QED) is 0.485. The summed E-state index contributed by atoms with van der Waals surface area (Å²) in [6, 6.07) is 1.75. The second-order valence-corrected chi connectivity index (χ2v) is 1.57. The van der Waals surface area contributed by atoms with Crippen LogP contribution in [0.1, 0.15) is 6.92 Å². The molecule has 1 rings (SSSR count). The molecular formula is C6H8N4. The summed E-state index contributed by atoms with van der Waals surface area (Å²) in [5.41, 5.74) is 2.64. The average molecular weight is 136 g/mol. The van der Waals surface area contributed by atoms with Gasteiger partial charge in [-0.25, -0.2) is 15.4 Å². The van der Waals surface area contributed by atoms with Crippen molar-refractivity contribution in [3.8, 4) is 0 Å². The maximum absolute atomic E-state index is 3.88. The highest BCUT2D eigenvalue weighted by Gasteiger charge is 1.85. The third-order valence-corrected chi connectivity index (χ3v) is 0.859. The van der Waals surface area contributed by atoms with Crippen molar-refractivity contribution in [3.05, 3.63) is 18.5 Å². The Morgan fingerprint density at radius 2 is 2.20 bits per heavy atom. The molecule has 1 N–H and O–H groups in total. The van der Waals surface area contributed by atoms with Crippen molar-refractivity contribution in [1.82, 2.24) is 9.97 Å². The van der Waals surface area contributed by atoms with Crippen LogP contribution in [0.25, 0.3) is 0 Å². The second kappa shape index (κ2) is 3.55. The monoisotopic (exact) mass is 136 g/mol. The van der Waals surface area contributed by atoms with Crippen LogP contribution >= 0.6 is 0 Å². The van der Waals surface area contributed by atoms with Crippen LogP contribution in [0.5, 0.6) is 0 Å². The fourth-order valence-corrected chi connectivity index (χ4v) is 0.479. The lowest BCUT2D eigenvalue weighted by molar-refractivity contribution is 1.12. The number of rotatable bonds is 2. The van der Waals surface area contributed by atoms with Crippen LogP contribution in [0.4, 0.5) is 5.95 Å². The van der Waals surface area contributed by atoms with Gasteiger partial charge >= 0.3 is 0 Å². The maximum atomic E-state index is 3.88. The summed E-state index contributed by atoms with van der Waals surface area (Å²) >= 11 is 0. The molecule has 0 aromatic carbocycles. The van der Waals surface area contributed by atoms with Crippen molar-refractivity contribution in [3.63, 3.8) is 0 Å². The molecule has 0 spiro atoms. The Balaban J connectivity index is 2.59.